The Hall–Kier alpha value is -1.40. The van der Waals surface area contributed by atoms with Crippen LogP contribution in [0.2, 0.25) is 0 Å². The monoisotopic (exact) mass is 1110 g/mol. The molecule has 0 bridgehead atoms. The Labute approximate surface area is 495 Å². The van der Waals surface area contributed by atoms with Crippen molar-refractivity contribution < 1.29 is 24.5 Å². The van der Waals surface area contributed by atoms with Crippen LogP contribution in [0.3, 0.4) is 0 Å². The van der Waals surface area contributed by atoms with Gasteiger partial charge in [-0.2, -0.15) is 0 Å². The van der Waals surface area contributed by atoms with Crippen LogP contribution in [-0.4, -0.2) is 47.4 Å². The summed E-state index contributed by atoms with van der Waals surface area (Å²) in [5.74, 6) is -0.00516. The Bertz CT molecular complexity index is 1190. The van der Waals surface area contributed by atoms with Crippen LogP contribution in [0.15, 0.2) is 12.2 Å². The summed E-state index contributed by atoms with van der Waals surface area (Å²) >= 11 is 0. The number of esters is 1. The normalized spacial score (nSPS) is 12.5. The molecule has 470 valence electrons. The lowest BCUT2D eigenvalue weighted by Crippen LogP contribution is -2.45. The van der Waals surface area contributed by atoms with Crippen LogP contribution in [0.1, 0.15) is 418 Å². The second-order valence-electron chi connectivity index (χ2n) is 25.3. The van der Waals surface area contributed by atoms with Crippen LogP contribution >= 0.6 is 0 Å². The van der Waals surface area contributed by atoms with Gasteiger partial charge in [0.05, 0.1) is 25.4 Å². The van der Waals surface area contributed by atoms with E-state index in [1.807, 2.05) is 0 Å². The third-order valence-corrected chi connectivity index (χ3v) is 17.3. The summed E-state index contributed by atoms with van der Waals surface area (Å²) in [6.45, 7) is 4.98. The molecular weight excluding hydrogens is 971 g/mol. The standard InChI is InChI=1S/C73H143NO5/c1-3-5-7-9-11-13-15-16-40-44-47-51-55-59-63-67-73(78)79-68-64-60-56-52-48-45-42-39-37-35-33-31-29-27-25-23-21-19-17-18-20-22-24-26-28-30-32-34-36-38-41-43-46-50-54-58-62-66-72(77)74-70(69-75)71(76)65-61-57-53-49-14-12-10-8-6-4-2/h17,19,70-71,75-76H,3-16,18,20-69H2,1-2H3,(H,74,77)/b19-17-. The Morgan fingerprint density at radius 3 is 0.899 bits per heavy atom. The van der Waals surface area contributed by atoms with E-state index in [1.165, 1.54) is 347 Å². The number of nitrogens with one attached hydrogen (secondary N) is 1. The lowest BCUT2D eigenvalue weighted by molar-refractivity contribution is -0.143. The summed E-state index contributed by atoms with van der Waals surface area (Å²) in [4.78, 5) is 24.5. The molecule has 0 saturated heterocycles. The highest BCUT2D eigenvalue weighted by atomic mass is 16.5. The molecule has 0 fully saturated rings. The van der Waals surface area contributed by atoms with Crippen LogP contribution in [-0.2, 0) is 14.3 Å². The second-order valence-corrected chi connectivity index (χ2v) is 25.3. The smallest absolute Gasteiger partial charge is 0.305 e. The Morgan fingerprint density at radius 2 is 0.595 bits per heavy atom. The SMILES string of the molecule is CCCCCCCCCCCCCCCCCC(=O)OCCCCCCCCCCCCCCCCCC/C=C\CCCCCCCCCCCCCCCCCCCC(=O)NC(CO)C(O)CCCCCCCCCCCC. The van der Waals surface area contributed by atoms with Gasteiger partial charge in [-0.15, -0.1) is 0 Å². The van der Waals surface area contributed by atoms with Gasteiger partial charge in [0.25, 0.3) is 0 Å². The quantitative estimate of drug-likeness (QED) is 0.0320. The first kappa shape index (κ1) is 77.6. The Kier molecular flexibility index (Phi) is 67.9. The predicted molar refractivity (Wildman–Crippen MR) is 347 cm³/mol. The van der Waals surface area contributed by atoms with Crippen molar-refractivity contribution in [3.8, 4) is 0 Å². The molecular formula is C73H143NO5. The molecule has 0 aromatic carbocycles. The van der Waals surface area contributed by atoms with Gasteiger partial charge in [-0.05, 0) is 51.4 Å². The average Bonchev–Trinajstić information content (AvgIpc) is 3.45. The van der Waals surface area contributed by atoms with Gasteiger partial charge < -0.3 is 20.3 Å². The van der Waals surface area contributed by atoms with E-state index in [4.69, 9.17) is 4.74 Å². The van der Waals surface area contributed by atoms with Crippen LogP contribution < -0.4 is 5.32 Å². The molecule has 0 saturated carbocycles. The van der Waals surface area contributed by atoms with Crippen molar-refractivity contribution in [2.75, 3.05) is 13.2 Å². The van der Waals surface area contributed by atoms with Gasteiger partial charge in [0.2, 0.25) is 5.91 Å². The number of amides is 1. The number of allylic oxidation sites excluding steroid dienone is 2. The molecule has 0 aromatic heterocycles. The van der Waals surface area contributed by atoms with Gasteiger partial charge in [0.15, 0.2) is 0 Å². The Balaban J connectivity index is 3.29. The van der Waals surface area contributed by atoms with Gasteiger partial charge in [-0.1, -0.05) is 366 Å². The highest BCUT2D eigenvalue weighted by Crippen LogP contribution is 2.19. The maximum absolute atomic E-state index is 12.4. The number of hydrogen-bond acceptors (Lipinski definition) is 5. The maximum Gasteiger partial charge on any atom is 0.305 e. The summed E-state index contributed by atoms with van der Waals surface area (Å²) in [5, 5.41) is 23.2. The maximum atomic E-state index is 12.4. The molecule has 6 heteroatoms. The molecule has 0 radical (unpaired) electrons. The highest BCUT2D eigenvalue weighted by Gasteiger charge is 2.20. The molecule has 0 aliphatic carbocycles. The fourth-order valence-electron chi connectivity index (χ4n) is 11.8. The summed E-state index contributed by atoms with van der Waals surface area (Å²) in [7, 11) is 0. The van der Waals surface area contributed by atoms with Crippen molar-refractivity contribution >= 4 is 11.9 Å². The molecule has 0 rings (SSSR count). The fraction of sp³-hybridized carbons (Fsp3) is 0.945. The lowest BCUT2D eigenvalue weighted by Gasteiger charge is -2.22. The molecule has 3 N–H and O–H groups in total. The summed E-state index contributed by atoms with van der Waals surface area (Å²) < 4.78 is 5.50. The second kappa shape index (κ2) is 69.1. The third kappa shape index (κ3) is 65.6. The van der Waals surface area contributed by atoms with E-state index in [2.05, 4.69) is 31.3 Å². The number of rotatable bonds is 69. The number of unbranched alkanes of at least 4 members (excludes halogenated alkanes) is 56. The zero-order chi connectivity index (χ0) is 57.1. The predicted octanol–water partition coefficient (Wildman–Crippen LogP) is 23.5. The van der Waals surface area contributed by atoms with Gasteiger partial charge in [-0.3, -0.25) is 9.59 Å². The number of carbonyl (C=O) groups excluding carboxylic acids is 2. The largest absolute Gasteiger partial charge is 0.466 e. The van der Waals surface area contributed by atoms with Crippen molar-refractivity contribution in [3.05, 3.63) is 12.2 Å². The molecule has 79 heavy (non-hydrogen) atoms. The number of hydrogen-bond donors (Lipinski definition) is 3. The first-order valence-electron chi connectivity index (χ1n) is 36.4. The van der Waals surface area contributed by atoms with Gasteiger partial charge in [0.1, 0.15) is 0 Å². The van der Waals surface area contributed by atoms with Crippen LogP contribution in [0.4, 0.5) is 0 Å². The van der Waals surface area contributed by atoms with E-state index in [0.29, 0.717) is 25.9 Å². The molecule has 0 aromatic rings. The minimum absolute atomic E-state index is 0.0252. The summed E-state index contributed by atoms with van der Waals surface area (Å²) in [5.41, 5.74) is 0. The van der Waals surface area contributed by atoms with Gasteiger partial charge in [-0.25, -0.2) is 0 Å². The van der Waals surface area contributed by atoms with E-state index in [9.17, 15) is 19.8 Å². The van der Waals surface area contributed by atoms with E-state index in [-0.39, 0.29) is 18.5 Å². The van der Waals surface area contributed by atoms with Crippen molar-refractivity contribution in [2.24, 2.45) is 0 Å². The molecule has 1 amide bonds. The average molecular weight is 1110 g/mol. The lowest BCUT2D eigenvalue weighted by atomic mass is 10.0. The zero-order valence-electron chi connectivity index (χ0n) is 53.9. The van der Waals surface area contributed by atoms with Crippen molar-refractivity contribution in [2.45, 2.75) is 431 Å². The third-order valence-electron chi connectivity index (χ3n) is 17.3. The van der Waals surface area contributed by atoms with Gasteiger partial charge >= 0.3 is 5.97 Å². The summed E-state index contributed by atoms with van der Waals surface area (Å²) in [6.07, 6.45) is 85.8. The van der Waals surface area contributed by atoms with Crippen molar-refractivity contribution in [1.29, 1.82) is 0 Å². The van der Waals surface area contributed by atoms with Crippen LogP contribution in [0.5, 0.6) is 0 Å². The minimum atomic E-state index is -0.659. The number of aliphatic hydroxyl groups is 2. The Morgan fingerprint density at radius 1 is 0.342 bits per heavy atom. The van der Waals surface area contributed by atoms with E-state index < -0.39 is 12.1 Å². The van der Waals surface area contributed by atoms with Gasteiger partial charge in [0, 0.05) is 12.8 Å². The molecule has 6 nitrogen and oxygen atoms in total. The molecule has 0 aliphatic rings. The van der Waals surface area contributed by atoms with E-state index in [1.54, 1.807) is 0 Å². The topological polar surface area (TPSA) is 95.9 Å². The number of ether oxygens (including phenoxy) is 1. The van der Waals surface area contributed by atoms with E-state index >= 15 is 0 Å². The first-order valence-corrected chi connectivity index (χ1v) is 36.4. The minimum Gasteiger partial charge on any atom is -0.466 e. The summed E-state index contributed by atoms with van der Waals surface area (Å²) in [6, 6.07) is -0.536. The highest BCUT2D eigenvalue weighted by molar-refractivity contribution is 5.76. The fourth-order valence-corrected chi connectivity index (χ4v) is 11.8. The molecule has 0 aliphatic heterocycles. The molecule has 2 atom stereocenters. The van der Waals surface area contributed by atoms with Crippen LogP contribution in [0.25, 0.3) is 0 Å². The molecule has 2 unspecified atom stereocenters. The van der Waals surface area contributed by atoms with E-state index in [0.717, 1.165) is 38.5 Å². The van der Waals surface area contributed by atoms with Crippen LogP contribution in [0, 0.1) is 0 Å². The molecule has 0 heterocycles. The van der Waals surface area contributed by atoms with Crippen molar-refractivity contribution in [1.82, 2.24) is 5.32 Å². The number of aliphatic hydroxyl groups excluding tert-OH is 2. The first-order chi connectivity index (χ1) is 39.0. The molecule has 0 spiro atoms. The number of carbonyl (C=O) groups is 2. The zero-order valence-corrected chi connectivity index (χ0v) is 53.9. The van der Waals surface area contributed by atoms with Crippen molar-refractivity contribution in [3.63, 3.8) is 0 Å².